The first-order valence-electron chi connectivity index (χ1n) is 7.14. The maximum atomic E-state index is 12.2. The van der Waals surface area contributed by atoms with E-state index in [1.807, 2.05) is 35.2 Å². The first-order chi connectivity index (χ1) is 10.6. The molecule has 0 aliphatic heterocycles. The van der Waals surface area contributed by atoms with Gasteiger partial charge in [0, 0.05) is 23.9 Å². The molecule has 2 aromatic rings. The van der Waals surface area contributed by atoms with Gasteiger partial charge >= 0.3 is 0 Å². The molecule has 1 heterocycles. The van der Waals surface area contributed by atoms with Gasteiger partial charge in [-0.1, -0.05) is 18.2 Å². The van der Waals surface area contributed by atoms with E-state index in [0.717, 1.165) is 17.7 Å². The number of halogens is 1. The van der Waals surface area contributed by atoms with Crippen molar-refractivity contribution in [3.05, 3.63) is 52.2 Å². The van der Waals surface area contributed by atoms with Gasteiger partial charge in [0.2, 0.25) is 5.91 Å². The first-order valence-corrected chi connectivity index (χ1v) is 8.56. The van der Waals surface area contributed by atoms with Crippen LogP contribution in [0.1, 0.15) is 17.4 Å². The van der Waals surface area contributed by atoms with Crippen molar-refractivity contribution in [3.8, 4) is 5.75 Å². The Hall–Kier alpha value is -1.52. The van der Waals surface area contributed by atoms with Crippen LogP contribution in [-0.2, 0) is 17.8 Å². The van der Waals surface area contributed by atoms with Crippen molar-refractivity contribution in [1.29, 1.82) is 0 Å². The molecule has 0 spiro atoms. The second-order valence-corrected chi connectivity index (χ2v) is 6.44. The summed E-state index contributed by atoms with van der Waals surface area (Å²) < 4.78 is 5.16. The van der Waals surface area contributed by atoms with Crippen molar-refractivity contribution in [2.24, 2.45) is 0 Å². The third-order valence-corrected chi connectivity index (χ3v) is 4.68. The molecule has 118 valence electrons. The number of carbonyl (C=O) groups excluding carboxylic acids is 1. The minimum Gasteiger partial charge on any atom is -0.497 e. The van der Waals surface area contributed by atoms with Crippen LogP contribution in [0.2, 0.25) is 0 Å². The summed E-state index contributed by atoms with van der Waals surface area (Å²) in [6, 6.07) is 12.0. The minimum atomic E-state index is -0.0402. The molecule has 22 heavy (non-hydrogen) atoms. The van der Waals surface area contributed by atoms with E-state index in [1.165, 1.54) is 4.88 Å². The lowest BCUT2D eigenvalue weighted by atomic mass is 10.1. The van der Waals surface area contributed by atoms with E-state index in [0.29, 0.717) is 6.54 Å². The van der Waals surface area contributed by atoms with E-state index >= 15 is 0 Å². The molecule has 0 saturated carbocycles. The van der Waals surface area contributed by atoms with Crippen molar-refractivity contribution < 1.29 is 9.53 Å². The Morgan fingerprint density at radius 3 is 2.59 bits per heavy atom. The smallest absolute Gasteiger partial charge is 0.238 e. The number of alkyl halides is 1. The molecule has 5 heteroatoms. The fourth-order valence-electron chi connectivity index (χ4n) is 2.32. The van der Waals surface area contributed by atoms with Crippen molar-refractivity contribution in [2.45, 2.75) is 25.9 Å². The molecule has 1 aromatic carbocycles. The zero-order valence-electron chi connectivity index (χ0n) is 12.8. The van der Waals surface area contributed by atoms with Crippen LogP contribution < -0.4 is 4.74 Å². The fourth-order valence-corrected chi connectivity index (χ4v) is 3.30. The number of benzene rings is 1. The summed E-state index contributed by atoms with van der Waals surface area (Å²) in [7, 11) is 1.64. The van der Waals surface area contributed by atoms with Gasteiger partial charge in [0.1, 0.15) is 11.6 Å². The van der Waals surface area contributed by atoms with Crippen molar-refractivity contribution >= 4 is 28.8 Å². The van der Waals surface area contributed by atoms with Crippen LogP contribution >= 0.6 is 22.9 Å². The van der Waals surface area contributed by atoms with E-state index in [2.05, 4.69) is 18.4 Å². The summed E-state index contributed by atoms with van der Waals surface area (Å²) in [5.41, 5.74) is 1.07. The molecule has 0 unspecified atom stereocenters. The van der Waals surface area contributed by atoms with Crippen LogP contribution in [0.25, 0.3) is 0 Å². The average molecular weight is 338 g/mol. The molecule has 2 rings (SSSR count). The molecule has 0 saturated heterocycles. The second kappa shape index (κ2) is 8.20. The Bertz CT molecular complexity index is 583. The highest BCUT2D eigenvalue weighted by Crippen LogP contribution is 2.18. The SMILES string of the molecule is COc1ccc(CN(C(=O)CCl)[C@@H](C)Cc2cccs2)cc1. The zero-order valence-corrected chi connectivity index (χ0v) is 14.4. The maximum Gasteiger partial charge on any atom is 0.238 e. The van der Waals surface area contributed by atoms with Gasteiger partial charge in [0.25, 0.3) is 0 Å². The molecule has 1 aromatic heterocycles. The molecular formula is C17H20ClNO2S. The third kappa shape index (κ3) is 4.49. The average Bonchev–Trinajstić information content (AvgIpc) is 3.05. The van der Waals surface area contributed by atoms with Crippen LogP contribution in [0, 0.1) is 0 Å². The van der Waals surface area contributed by atoms with Crippen LogP contribution in [0.3, 0.4) is 0 Å². The lowest BCUT2D eigenvalue weighted by molar-refractivity contribution is -0.131. The Morgan fingerprint density at radius 1 is 1.32 bits per heavy atom. The Kier molecular flexibility index (Phi) is 6.28. The number of rotatable bonds is 7. The van der Waals surface area contributed by atoms with Gasteiger partial charge in [0.15, 0.2) is 0 Å². The molecule has 1 amide bonds. The number of thiophene rings is 1. The van der Waals surface area contributed by atoms with Crippen molar-refractivity contribution in [2.75, 3.05) is 13.0 Å². The van der Waals surface area contributed by atoms with Gasteiger partial charge in [-0.2, -0.15) is 0 Å². The Morgan fingerprint density at radius 2 is 2.05 bits per heavy atom. The van der Waals surface area contributed by atoms with Gasteiger partial charge < -0.3 is 9.64 Å². The minimum absolute atomic E-state index is 0.00490. The third-order valence-electron chi connectivity index (χ3n) is 3.56. The molecule has 0 bridgehead atoms. The Balaban J connectivity index is 2.09. The summed E-state index contributed by atoms with van der Waals surface area (Å²) in [5, 5.41) is 2.05. The lowest BCUT2D eigenvalue weighted by Crippen LogP contribution is -2.40. The predicted molar refractivity (Wildman–Crippen MR) is 91.7 cm³/mol. The summed E-state index contributed by atoms with van der Waals surface area (Å²) in [5.74, 6) is 0.775. The number of amides is 1. The van der Waals surface area contributed by atoms with Gasteiger partial charge in [-0.3, -0.25) is 4.79 Å². The second-order valence-electron chi connectivity index (χ2n) is 5.14. The van der Waals surface area contributed by atoms with E-state index < -0.39 is 0 Å². The number of nitrogens with zero attached hydrogens (tertiary/aromatic N) is 1. The van der Waals surface area contributed by atoms with E-state index in [4.69, 9.17) is 16.3 Å². The lowest BCUT2D eigenvalue weighted by Gasteiger charge is -2.29. The van der Waals surface area contributed by atoms with Crippen molar-refractivity contribution in [1.82, 2.24) is 4.90 Å². The van der Waals surface area contributed by atoms with Gasteiger partial charge in [-0.05, 0) is 36.1 Å². The van der Waals surface area contributed by atoms with Gasteiger partial charge in [-0.15, -0.1) is 22.9 Å². The van der Waals surface area contributed by atoms with Crippen LogP contribution in [0.15, 0.2) is 41.8 Å². The number of carbonyl (C=O) groups is 1. The van der Waals surface area contributed by atoms with Gasteiger partial charge in [0.05, 0.1) is 7.11 Å². The molecular weight excluding hydrogens is 318 g/mol. The van der Waals surface area contributed by atoms with Crippen LogP contribution in [-0.4, -0.2) is 29.8 Å². The number of hydrogen-bond donors (Lipinski definition) is 0. The predicted octanol–water partition coefficient (Wildman–Crippen LogP) is 3.96. The molecule has 0 N–H and O–H groups in total. The summed E-state index contributed by atoms with van der Waals surface area (Å²) in [6.07, 6.45) is 0.844. The quantitative estimate of drug-likeness (QED) is 0.716. The highest BCUT2D eigenvalue weighted by atomic mass is 35.5. The number of hydrogen-bond acceptors (Lipinski definition) is 3. The largest absolute Gasteiger partial charge is 0.497 e. The van der Waals surface area contributed by atoms with E-state index in [9.17, 15) is 4.79 Å². The number of methoxy groups -OCH3 is 1. The zero-order chi connectivity index (χ0) is 15.9. The topological polar surface area (TPSA) is 29.5 Å². The normalized spacial score (nSPS) is 12.0. The first kappa shape index (κ1) is 16.8. The molecule has 0 radical (unpaired) electrons. The summed E-state index contributed by atoms with van der Waals surface area (Å²) >= 11 is 7.49. The summed E-state index contributed by atoms with van der Waals surface area (Å²) in [6.45, 7) is 2.62. The summed E-state index contributed by atoms with van der Waals surface area (Å²) in [4.78, 5) is 15.3. The van der Waals surface area contributed by atoms with Crippen LogP contribution in [0.5, 0.6) is 5.75 Å². The highest BCUT2D eigenvalue weighted by molar-refractivity contribution is 7.09. The fraction of sp³-hybridized carbons (Fsp3) is 0.353. The maximum absolute atomic E-state index is 12.2. The van der Waals surface area contributed by atoms with E-state index in [1.54, 1.807) is 18.4 Å². The standard InChI is InChI=1S/C17H20ClNO2S/c1-13(10-16-4-3-9-22-16)19(17(20)11-18)12-14-5-7-15(21-2)8-6-14/h3-9,13H,10-12H2,1-2H3/t13-/m0/s1. The number of ether oxygens (including phenoxy) is 1. The van der Waals surface area contributed by atoms with Crippen molar-refractivity contribution in [3.63, 3.8) is 0 Å². The molecule has 0 aliphatic rings. The molecule has 3 nitrogen and oxygen atoms in total. The molecule has 1 atom stereocenters. The highest BCUT2D eigenvalue weighted by Gasteiger charge is 2.20. The molecule has 0 aliphatic carbocycles. The van der Waals surface area contributed by atoms with Crippen LogP contribution in [0.4, 0.5) is 0 Å². The van der Waals surface area contributed by atoms with Gasteiger partial charge in [-0.25, -0.2) is 0 Å². The van der Waals surface area contributed by atoms with E-state index in [-0.39, 0.29) is 17.8 Å². The monoisotopic (exact) mass is 337 g/mol. The Labute approximate surface area is 140 Å². The molecule has 0 fully saturated rings.